The molecule has 1 aliphatic rings. The second kappa shape index (κ2) is 12.7. The molecular formula is C30H28Br2ClN3O3. The normalized spacial score (nSPS) is 14.3. The molecule has 1 aromatic heterocycles. The van der Waals surface area contributed by atoms with E-state index in [1.165, 1.54) is 11.1 Å². The van der Waals surface area contributed by atoms with E-state index >= 15 is 0 Å². The van der Waals surface area contributed by atoms with E-state index in [2.05, 4.69) is 37.0 Å². The highest BCUT2D eigenvalue weighted by Crippen LogP contribution is 2.38. The van der Waals surface area contributed by atoms with Crippen LogP contribution >= 0.6 is 43.5 Å². The molecule has 1 aliphatic carbocycles. The zero-order valence-electron chi connectivity index (χ0n) is 21.5. The topological polar surface area (TPSA) is 65.7 Å². The summed E-state index contributed by atoms with van der Waals surface area (Å²) < 4.78 is 15.0. The lowest BCUT2D eigenvalue weighted by atomic mass is 9.88. The van der Waals surface area contributed by atoms with Crippen LogP contribution in [-0.2, 0) is 6.61 Å². The molecule has 0 saturated heterocycles. The van der Waals surface area contributed by atoms with E-state index in [0.717, 1.165) is 47.1 Å². The van der Waals surface area contributed by atoms with Crippen LogP contribution in [0, 0.1) is 0 Å². The fourth-order valence-corrected chi connectivity index (χ4v) is 5.98. The van der Waals surface area contributed by atoms with Crippen molar-refractivity contribution in [2.75, 3.05) is 6.61 Å². The van der Waals surface area contributed by atoms with Gasteiger partial charge in [-0.15, -0.1) is 0 Å². The molecule has 1 saturated carbocycles. The van der Waals surface area contributed by atoms with Crippen LogP contribution in [0.25, 0.3) is 10.9 Å². The van der Waals surface area contributed by atoms with E-state index in [4.69, 9.17) is 26.1 Å². The molecule has 0 radical (unpaired) electrons. The Bertz CT molecular complexity index is 1580. The second-order valence-electron chi connectivity index (χ2n) is 9.47. The maximum absolute atomic E-state index is 13.6. The Morgan fingerprint density at radius 3 is 2.64 bits per heavy atom. The van der Waals surface area contributed by atoms with Gasteiger partial charge in [0, 0.05) is 21.0 Å². The number of halogens is 3. The number of rotatable bonds is 8. The van der Waals surface area contributed by atoms with Gasteiger partial charge in [0.15, 0.2) is 11.5 Å². The molecule has 6 nitrogen and oxygen atoms in total. The summed E-state index contributed by atoms with van der Waals surface area (Å²) in [7, 11) is 0. The third-order valence-electron chi connectivity index (χ3n) is 6.79. The lowest BCUT2D eigenvalue weighted by Crippen LogP contribution is -2.25. The van der Waals surface area contributed by atoms with Crippen LogP contribution in [0.4, 0.5) is 0 Å². The van der Waals surface area contributed by atoms with E-state index in [-0.39, 0.29) is 11.5 Å². The molecule has 3 aromatic carbocycles. The molecule has 0 bridgehead atoms. The van der Waals surface area contributed by atoms with Gasteiger partial charge in [-0.05, 0) is 77.7 Å². The number of hydrogen-bond donors (Lipinski definition) is 0. The van der Waals surface area contributed by atoms with Crippen molar-refractivity contribution in [3.05, 3.63) is 95.9 Å². The van der Waals surface area contributed by atoms with Crippen LogP contribution in [0.1, 0.15) is 61.9 Å². The molecule has 0 N–H and O–H groups in total. The van der Waals surface area contributed by atoms with Crippen LogP contribution in [0.3, 0.4) is 0 Å². The third-order valence-corrected chi connectivity index (χ3v) is 8.24. The van der Waals surface area contributed by atoms with E-state index in [1.54, 1.807) is 12.3 Å². The van der Waals surface area contributed by atoms with Crippen LogP contribution in [-0.4, -0.2) is 22.5 Å². The van der Waals surface area contributed by atoms with Crippen molar-refractivity contribution in [2.24, 2.45) is 5.10 Å². The van der Waals surface area contributed by atoms with Crippen LogP contribution in [0.2, 0.25) is 5.02 Å². The number of hydrogen-bond acceptors (Lipinski definition) is 5. The first kappa shape index (κ1) is 27.9. The Morgan fingerprint density at radius 1 is 1.08 bits per heavy atom. The smallest absolute Gasteiger partial charge is 0.282 e. The maximum atomic E-state index is 13.6. The summed E-state index contributed by atoms with van der Waals surface area (Å²) >= 11 is 13.4. The minimum Gasteiger partial charge on any atom is -0.490 e. The van der Waals surface area contributed by atoms with Crippen LogP contribution in [0.5, 0.6) is 11.5 Å². The molecule has 0 aliphatic heterocycles. The molecule has 1 heterocycles. The van der Waals surface area contributed by atoms with Crippen molar-refractivity contribution in [2.45, 2.75) is 51.6 Å². The standard InChI is InChI=1S/C30H28Br2ClN3O3/c1-2-38-27-15-19(14-24(32)28(27)39-18-21-10-6-7-11-25(21)33)17-34-36-29(20-8-4-3-5-9-20)35-26-13-12-22(31)16-23(26)30(36)37/h6-7,10-17,20H,2-5,8-9,18H2,1H3. The Hall–Kier alpha value is -2.68. The minimum atomic E-state index is -0.179. The summed E-state index contributed by atoms with van der Waals surface area (Å²) in [6.45, 7) is 2.68. The largest absolute Gasteiger partial charge is 0.490 e. The van der Waals surface area contributed by atoms with Crippen molar-refractivity contribution in [3.63, 3.8) is 0 Å². The SMILES string of the molecule is CCOc1cc(C=Nn2c(C3CCCCC3)nc3ccc(Br)cc3c2=O)cc(Br)c1OCc1ccccc1Cl. The second-order valence-corrected chi connectivity index (χ2v) is 11.6. The highest BCUT2D eigenvalue weighted by atomic mass is 79.9. The quantitative estimate of drug-likeness (QED) is 0.176. The Morgan fingerprint density at radius 2 is 1.87 bits per heavy atom. The summed E-state index contributed by atoms with van der Waals surface area (Å²) in [5.74, 6) is 2.06. The summed E-state index contributed by atoms with van der Waals surface area (Å²) in [6, 6.07) is 16.9. The van der Waals surface area contributed by atoms with E-state index in [0.29, 0.717) is 45.1 Å². The lowest BCUT2D eigenvalue weighted by molar-refractivity contribution is 0.267. The Kier molecular flexibility index (Phi) is 9.05. The predicted molar refractivity (Wildman–Crippen MR) is 164 cm³/mol. The van der Waals surface area contributed by atoms with Crippen molar-refractivity contribution in [1.29, 1.82) is 0 Å². The molecule has 202 valence electrons. The fraction of sp³-hybridized carbons (Fsp3) is 0.300. The first-order valence-electron chi connectivity index (χ1n) is 13.0. The van der Waals surface area contributed by atoms with Gasteiger partial charge in [-0.1, -0.05) is 65.0 Å². The molecule has 4 aromatic rings. The van der Waals surface area contributed by atoms with E-state index < -0.39 is 0 Å². The fourth-order valence-electron chi connectivity index (χ4n) is 4.86. The first-order chi connectivity index (χ1) is 18.9. The van der Waals surface area contributed by atoms with Gasteiger partial charge in [0.05, 0.1) is 28.2 Å². The molecule has 5 rings (SSSR count). The summed E-state index contributed by atoms with van der Waals surface area (Å²) in [5.41, 5.74) is 2.15. The zero-order valence-corrected chi connectivity index (χ0v) is 25.4. The average Bonchev–Trinajstić information content (AvgIpc) is 2.94. The molecule has 0 spiro atoms. The number of aromatic nitrogens is 2. The van der Waals surface area contributed by atoms with Gasteiger partial charge in [0.1, 0.15) is 12.4 Å². The molecule has 0 atom stereocenters. The zero-order chi connectivity index (χ0) is 27.4. The van der Waals surface area contributed by atoms with Gasteiger partial charge in [-0.2, -0.15) is 9.78 Å². The monoisotopic (exact) mass is 671 g/mol. The highest BCUT2D eigenvalue weighted by Gasteiger charge is 2.22. The highest BCUT2D eigenvalue weighted by molar-refractivity contribution is 9.10. The molecule has 39 heavy (non-hydrogen) atoms. The van der Waals surface area contributed by atoms with Gasteiger partial charge in [0.25, 0.3) is 5.56 Å². The van der Waals surface area contributed by atoms with Gasteiger partial charge >= 0.3 is 0 Å². The van der Waals surface area contributed by atoms with Crippen LogP contribution < -0.4 is 15.0 Å². The van der Waals surface area contributed by atoms with Crippen molar-refractivity contribution >= 4 is 60.6 Å². The maximum Gasteiger partial charge on any atom is 0.282 e. The molecular weight excluding hydrogens is 646 g/mol. The van der Waals surface area contributed by atoms with Gasteiger partial charge in [-0.25, -0.2) is 4.98 Å². The predicted octanol–water partition coefficient (Wildman–Crippen LogP) is 8.48. The van der Waals surface area contributed by atoms with Crippen molar-refractivity contribution in [1.82, 2.24) is 9.66 Å². The van der Waals surface area contributed by atoms with Gasteiger partial charge in [-0.3, -0.25) is 4.79 Å². The number of benzene rings is 3. The summed E-state index contributed by atoms with van der Waals surface area (Å²) in [5, 5.41) is 5.85. The van der Waals surface area contributed by atoms with Crippen molar-refractivity contribution < 1.29 is 9.47 Å². The Labute approximate surface area is 249 Å². The van der Waals surface area contributed by atoms with Crippen LogP contribution in [0.15, 0.2) is 73.4 Å². The summed E-state index contributed by atoms with van der Waals surface area (Å²) in [4.78, 5) is 18.5. The van der Waals surface area contributed by atoms with Gasteiger partial charge in [0.2, 0.25) is 0 Å². The van der Waals surface area contributed by atoms with E-state index in [1.807, 2.05) is 55.5 Å². The average molecular weight is 674 g/mol. The number of fused-ring (bicyclic) bond motifs is 1. The van der Waals surface area contributed by atoms with Gasteiger partial charge < -0.3 is 9.47 Å². The van der Waals surface area contributed by atoms with E-state index in [9.17, 15) is 4.79 Å². The molecule has 9 heteroatoms. The molecule has 1 fully saturated rings. The molecule has 0 amide bonds. The van der Waals surface area contributed by atoms with Crippen molar-refractivity contribution in [3.8, 4) is 11.5 Å². The number of nitrogens with zero attached hydrogens (tertiary/aromatic N) is 3. The molecule has 0 unspecified atom stereocenters. The third kappa shape index (κ3) is 6.39. The minimum absolute atomic E-state index is 0.179. The number of ether oxygens (including phenoxy) is 2. The first-order valence-corrected chi connectivity index (χ1v) is 15.0. The lowest BCUT2D eigenvalue weighted by Gasteiger charge is -2.22. The summed E-state index contributed by atoms with van der Waals surface area (Å²) in [6.07, 6.45) is 7.14. The Balaban J connectivity index is 1.51.